The van der Waals surface area contributed by atoms with Crippen molar-refractivity contribution < 1.29 is 14.0 Å². The molecule has 6 nitrogen and oxygen atoms in total. The maximum Gasteiger partial charge on any atom is 0.229 e. The maximum absolute atomic E-state index is 14.4. The van der Waals surface area contributed by atoms with Gasteiger partial charge in [0.15, 0.2) is 0 Å². The van der Waals surface area contributed by atoms with E-state index in [1.165, 1.54) is 23.5 Å². The molecule has 0 radical (unpaired) electrons. The SMILES string of the molecule is O=C(Nc1ccc(-n2ccnc2)c(F)c1)C1CC(=O)N(c2ccc3c(c2)CCC3)C1. The van der Waals surface area contributed by atoms with E-state index in [1.54, 1.807) is 34.0 Å². The Labute approximate surface area is 173 Å². The second-order valence-electron chi connectivity index (χ2n) is 7.84. The summed E-state index contributed by atoms with van der Waals surface area (Å²) in [6, 6.07) is 10.6. The number of aromatic nitrogens is 2. The van der Waals surface area contributed by atoms with E-state index < -0.39 is 11.7 Å². The number of rotatable bonds is 4. The normalized spacial score (nSPS) is 18.0. The molecule has 1 fully saturated rings. The fourth-order valence-electron chi connectivity index (χ4n) is 4.30. The molecule has 152 valence electrons. The van der Waals surface area contributed by atoms with Crippen LogP contribution in [0.2, 0.25) is 0 Å². The number of fused-ring (bicyclic) bond motifs is 1. The Hall–Kier alpha value is -3.48. The van der Waals surface area contributed by atoms with Crippen molar-refractivity contribution in [1.82, 2.24) is 9.55 Å². The van der Waals surface area contributed by atoms with E-state index in [0.29, 0.717) is 17.9 Å². The molecule has 1 saturated heterocycles. The standard InChI is InChI=1S/C23H21FN4O2/c24-20-12-18(5-7-21(20)27-9-8-25-14-27)26-23(30)17-11-22(29)28(13-17)19-6-4-15-2-1-3-16(15)10-19/h4-10,12,14,17H,1-3,11,13H2,(H,26,30). The summed E-state index contributed by atoms with van der Waals surface area (Å²) in [5, 5.41) is 2.75. The van der Waals surface area contributed by atoms with Crippen molar-refractivity contribution in [3.63, 3.8) is 0 Å². The molecular weight excluding hydrogens is 383 g/mol. The first-order valence-electron chi connectivity index (χ1n) is 10.1. The average molecular weight is 404 g/mol. The fraction of sp³-hybridized carbons (Fsp3) is 0.261. The van der Waals surface area contributed by atoms with E-state index in [1.807, 2.05) is 6.07 Å². The highest BCUT2D eigenvalue weighted by molar-refractivity contribution is 6.03. The molecule has 0 saturated carbocycles. The summed E-state index contributed by atoms with van der Waals surface area (Å²) in [6.07, 6.45) is 8.15. The van der Waals surface area contributed by atoms with Gasteiger partial charge in [-0.05, 0) is 60.7 Å². The summed E-state index contributed by atoms with van der Waals surface area (Å²) < 4.78 is 16.0. The number of nitrogens with zero attached hydrogens (tertiary/aromatic N) is 3. The molecule has 3 aromatic rings. The molecule has 1 N–H and O–H groups in total. The van der Waals surface area contributed by atoms with E-state index in [0.717, 1.165) is 24.9 Å². The second kappa shape index (κ2) is 7.40. The molecule has 5 rings (SSSR count). The molecule has 2 heterocycles. The van der Waals surface area contributed by atoms with Gasteiger partial charge in [0.1, 0.15) is 5.82 Å². The number of anilines is 2. The van der Waals surface area contributed by atoms with Crippen LogP contribution in [0.4, 0.5) is 15.8 Å². The van der Waals surface area contributed by atoms with Gasteiger partial charge in [-0.1, -0.05) is 6.07 Å². The highest BCUT2D eigenvalue weighted by atomic mass is 19.1. The summed E-state index contributed by atoms with van der Waals surface area (Å²) in [6.45, 7) is 0.332. The third-order valence-corrected chi connectivity index (χ3v) is 5.89. The summed E-state index contributed by atoms with van der Waals surface area (Å²) in [4.78, 5) is 30.9. The second-order valence-corrected chi connectivity index (χ2v) is 7.84. The maximum atomic E-state index is 14.4. The van der Waals surface area contributed by atoms with Crippen molar-refractivity contribution in [3.8, 4) is 5.69 Å². The van der Waals surface area contributed by atoms with Crippen molar-refractivity contribution in [2.75, 3.05) is 16.8 Å². The molecule has 1 aromatic heterocycles. The Kier molecular flexibility index (Phi) is 4.58. The van der Waals surface area contributed by atoms with Gasteiger partial charge in [0, 0.05) is 36.7 Å². The lowest BCUT2D eigenvalue weighted by molar-refractivity contribution is -0.122. The monoisotopic (exact) mass is 404 g/mol. The van der Waals surface area contributed by atoms with Crippen LogP contribution < -0.4 is 10.2 Å². The molecule has 7 heteroatoms. The quantitative estimate of drug-likeness (QED) is 0.724. The third kappa shape index (κ3) is 3.36. The number of benzene rings is 2. The van der Waals surface area contributed by atoms with Gasteiger partial charge in [-0.25, -0.2) is 9.37 Å². The fourth-order valence-corrected chi connectivity index (χ4v) is 4.30. The first kappa shape index (κ1) is 18.5. The van der Waals surface area contributed by atoms with Crippen LogP contribution in [0.5, 0.6) is 0 Å². The van der Waals surface area contributed by atoms with Crippen LogP contribution in [-0.4, -0.2) is 27.9 Å². The Bertz CT molecular complexity index is 1130. The molecule has 1 unspecified atom stereocenters. The minimum absolute atomic E-state index is 0.0604. The van der Waals surface area contributed by atoms with E-state index >= 15 is 0 Å². The van der Waals surface area contributed by atoms with E-state index in [4.69, 9.17) is 0 Å². The largest absolute Gasteiger partial charge is 0.326 e. The predicted octanol–water partition coefficient (Wildman–Crippen LogP) is 3.49. The molecular formula is C23H21FN4O2. The number of hydrogen-bond donors (Lipinski definition) is 1. The molecule has 30 heavy (non-hydrogen) atoms. The molecule has 2 aliphatic rings. The van der Waals surface area contributed by atoms with Crippen LogP contribution >= 0.6 is 0 Å². The summed E-state index contributed by atoms with van der Waals surface area (Å²) in [5.41, 5.74) is 4.21. The zero-order chi connectivity index (χ0) is 20.7. The van der Waals surface area contributed by atoms with Crippen molar-refractivity contribution in [2.24, 2.45) is 5.92 Å². The molecule has 1 atom stereocenters. The summed E-state index contributed by atoms with van der Waals surface area (Å²) >= 11 is 0. The lowest BCUT2D eigenvalue weighted by Gasteiger charge is -2.18. The van der Waals surface area contributed by atoms with Crippen LogP contribution in [-0.2, 0) is 22.4 Å². The number of imidazole rings is 1. The van der Waals surface area contributed by atoms with Crippen molar-refractivity contribution in [3.05, 3.63) is 72.1 Å². The van der Waals surface area contributed by atoms with Gasteiger partial charge in [-0.15, -0.1) is 0 Å². The first-order chi connectivity index (χ1) is 14.6. The number of carbonyl (C=O) groups is 2. The molecule has 2 amide bonds. The lowest BCUT2D eigenvalue weighted by atomic mass is 10.1. The minimum atomic E-state index is -0.470. The Balaban J connectivity index is 1.28. The summed E-state index contributed by atoms with van der Waals surface area (Å²) in [7, 11) is 0. The number of halogens is 1. The van der Waals surface area contributed by atoms with Gasteiger partial charge in [-0.2, -0.15) is 0 Å². The topological polar surface area (TPSA) is 67.2 Å². The van der Waals surface area contributed by atoms with Crippen molar-refractivity contribution in [1.29, 1.82) is 0 Å². The van der Waals surface area contributed by atoms with Crippen LogP contribution in [0.25, 0.3) is 5.69 Å². The van der Waals surface area contributed by atoms with Crippen LogP contribution in [0, 0.1) is 11.7 Å². The number of nitrogens with one attached hydrogen (secondary N) is 1. The number of carbonyl (C=O) groups excluding carboxylic acids is 2. The van der Waals surface area contributed by atoms with Crippen LogP contribution in [0.3, 0.4) is 0 Å². The molecule has 1 aliphatic heterocycles. The first-order valence-corrected chi connectivity index (χ1v) is 10.1. The number of hydrogen-bond acceptors (Lipinski definition) is 3. The molecule has 0 bridgehead atoms. The van der Waals surface area contributed by atoms with Gasteiger partial charge in [0.2, 0.25) is 11.8 Å². The highest BCUT2D eigenvalue weighted by Crippen LogP contribution is 2.31. The summed E-state index contributed by atoms with van der Waals surface area (Å²) in [5.74, 6) is -1.27. The molecule has 1 aliphatic carbocycles. The van der Waals surface area contributed by atoms with Gasteiger partial charge in [0.25, 0.3) is 0 Å². The minimum Gasteiger partial charge on any atom is -0.326 e. The Morgan fingerprint density at radius 2 is 2.00 bits per heavy atom. The van der Waals surface area contributed by atoms with Gasteiger partial charge in [0.05, 0.1) is 17.9 Å². The van der Waals surface area contributed by atoms with Crippen molar-refractivity contribution >= 4 is 23.2 Å². The Morgan fingerprint density at radius 1 is 1.13 bits per heavy atom. The third-order valence-electron chi connectivity index (χ3n) is 5.89. The zero-order valence-corrected chi connectivity index (χ0v) is 16.3. The van der Waals surface area contributed by atoms with E-state index in [-0.39, 0.29) is 18.2 Å². The van der Waals surface area contributed by atoms with Crippen LogP contribution in [0.15, 0.2) is 55.1 Å². The van der Waals surface area contributed by atoms with E-state index in [9.17, 15) is 14.0 Å². The molecule has 2 aromatic carbocycles. The molecule has 0 spiro atoms. The predicted molar refractivity (Wildman–Crippen MR) is 111 cm³/mol. The van der Waals surface area contributed by atoms with Gasteiger partial charge in [-0.3, -0.25) is 9.59 Å². The van der Waals surface area contributed by atoms with Crippen LogP contribution in [0.1, 0.15) is 24.0 Å². The number of aryl methyl sites for hydroxylation is 2. The Morgan fingerprint density at radius 3 is 2.80 bits per heavy atom. The van der Waals surface area contributed by atoms with E-state index in [2.05, 4.69) is 22.4 Å². The highest BCUT2D eigenvalue weighted by Gasteiger charge is 2.35. The van der Waals surface area contributed by atoms with Gasteiger partial charge < -0.3 is 14.8 Å². The lowest BCUT2D eigenvalue weighted by Crippen LogP contribution is -2.28. The smallest absolute Gasteiger partial charge is 0.229 e. The average Bonchev–Trinajstić information content (AvgIpc) is 3.48. The van der Waals surface area contributed by atoms with Gasteiger partial charge >= 0.3 is 0 Å². The zero-order valence-electron chi connectivity index (χ0n) is 16.3. The van der Waals surface area contributed by atoms with Crippen molar-refractivity contribution in [2.45, 2.75) is 25.7 Å². The number of amides is 2.